The lowest BCUT2D eigenvalue weighted by molar-refractivity contribution is 0.178. The average Bonchev–Trinajstić information content (AvgIpc) is 2.54. The van der Waals surface area contributed by atoms with Gasteiger partial charge < -0.3 is 0 Å². The number of benzene rings is 2. The van der Waals surface area contributed by atoms with Crippen molar-refractivity contribution in [2.45, 2.75) is 44.4 Å². The fourth-order valence-electron chi connectivity index (χ4n) is 4.36. The topological polar surface area (TPSA) is 0 Å². The van der Waals surface area contributed by atoms with Gasteiger partial charge in [-0.25, -0.2) is 0 Å². The van der Waals surface area contributed by atoms with Crippen molar-refractivity contribution >= 4 is 10.8 Å². The summed E-state index contributed by atoms with van der Waals surface area (Å²) in [6.45, 7) is 0. The average molecular weight is 262 g/mol. The molecular weight excluding hydrogens is 240 g/mol. The van der Waals surface area contributed by atoms with E-state index in [1.807, 2.05) is 6.07 Å². The Kier molecular flexibility index (Phi) is 3.26. The summed E-state index contributed by atoms with van der Waals surface area (Å²) in [4.78, 5) is 0. The molecular formula is C20H22. The lowest BCUT2D eigenvalue weighted by Crippen LogP contribution is -2.27. The highest BCUT2D eigenvalue weighted by molar-refractivity contribution is 5.83. The summed E-state index contributed by atoms with van der Waals surface area (Å²) < 4.78 is 0. The second kappa shape index (κ2) is 5.24. The SMILES string of the molecule is [c]1ccc2cc(C3CCC4C[CH]CCC4C3)ccc2c1. The zero-order valence-corrected chi connectivity index (χ0v) is 12.0. The predicted octanol–water partition coefficient (Wildman–Crippen LogP) is 5.53. The number of hydrogen-bond acceptors (Lipinski definition) is 0. The van der Waals surface area contributed by atoms with E-state index >= 15 is 0 Å². The third kappa shape index (κ3) is 2.26. The Bertz CT molecular complexity index is 598. The van der Waals surface area contributed by atoms with Gasteiger partial charge in [0.05, 0.1) is 0 Å². The van der Waals surface area contributed by atoms with Crippen LogP contribution in [0.3, 0.4) is 0 Å². The highest BCUT2D eigenvalue weighted by Crippen LogP contribution is 2.46. The molecule has 3 unspecified atom stereocenters. The molecule has 2 saturated carbocycles. The van der Waals surface area contributed by atoms with E-state index in [0.717, 1.165) is 17.8 Å². The zero-order valence-electron chi connectivity index (χ0n) is 12.0. The van der Waals surface area contributed by atoms with Crippen molar-refractivity contribution in [2.75, 3.05) is 0 Å². The van der Waals surface area contributed by atoms with Crippen LogP contribution in [0.15, 0.2) is 36.4 Å². The molecule has 2 aromatic carbocycles. The summed E-state index contributed by atoms with van der Waals surface area (Å²) >= 11 is 0. The third-order valence-corrected chi connectivity index (χ3v) is 5.53. The minimum atomic E-state index is 0.794. The fraction of sp³-hybridized carbons (Fsp3) is 0.450. The van der Waals surface area contributed by atoms with E-state index in [0.29, 0.717) is 0 Å². The van der Waals surface area contributed by atoms with E-state index in [-0.39, 0.29) is 0 Å². The van der Waals surface area contributed by atoms with Gasteiger partial charge in [-0.3, -0.25) is 0 Å². The Labute approximate surface area is 122 Å². The van der Waals surface area contributed by atoms with E-state index in [1.165, 1.54) is 49.3 Å². The van der Waals surface area contributed by atoms with E-state index in [4.69, 9.17) is 0 Å². The largest absolute Gasteiger partial charge is 0.0581 e. The first kappa shape index (κ1) is 12.4. The van der Waals surface area contributed by atoms with Gasteiger partial charge in [0.15, 0.2) is 0 Å². The monoisotopic (exact) mass is 262 g/mol. The van der Waals surface area contributed by atoms with Crippen LogP contribution >= 0.6 is 0 Å². The van der Waals surface area contributed by atoms with Gasteiger partial charge >= 0.3 is 0 Å². The number of fused-ring (bicyclic) bond motifs is 2. The van der Waals surface area contributed by atoms with Crippen LogP contribution in [0.1, 0.15) is 50.0 Å². The van der Waals surface area contributed by atoms with E-state index in [9.17, 15) is 0 Å². The molecule has 102 valence electrons. The van der Waals surface area contributed by atoms with E-state index in [2.05, 4.69) is 42.8 Å². The lowest BCUT2D eigenvalue weighted by Gasteiger charge is -2.39. The Hall–Kier alpha value is -1.30. The number of rotatable bonds is 1. The Morgan fingerprint density at radius 3 is 2.95 bits per heavy atom. The summed E-state index contributed by atoms with van der Waals surface area (Å²) in [6, 6.07) is 16.5. The van der Waals surface area contributed by atoms with Crippen molar-refractivity contribution in [3.05, 3.63) is 54.4 Å². The Balaban J connectivity index is 1.59. The van der Waals surface area contributed by atoms with E-state index < -0.39 is 0 Å². The van der Waals surface area contributed by atoms with Crippen LogP contribution in [-0.2, 0) is 0 Å². The molecule has 0 amide bonds. The van der Waals surface area contributed by atoms with Crippen molar-refractivity contribution in [3.8, 4) is 0 Å². The molecule has 0 heteroatoms. The molecule has 20 heavy (non-hydrogen) atoms. The van der Waals surface area contributed by atoms with Crippen molar-refractivity contribution in [2.24, 2.45) is 11.8 Å². The zero-order chi connectivity index (χ0) is 13.4. The molecule has 0 aliphatic heterocycles. The third-order valence-electron chi connectivity index (χ3n) is 5.53. The van der Waals surface area contributed by atoms with Crippen LogP contribution < -0.4 is 0 Å². The van der Waals surface area contributed by atoms with Gasteiger partial charge in [-0.2, -0.15) is 0 Å². The van der Waals surface area contributed by atoms with Crippen LogP contribution in [0.4, 0.5) is 0 Å². The predicted molar refractivity (Wildman–Crippen MR) is 84.5 cm³/mol. The first-order valence-electron chi connectivity index (χ1n) is 8.11. The molecule has 0 aromatic heterocycles. The molecule has 2 aromatic rings. The van der Waals surface area contributed by atoms with Crippen LogP contribution in [0, 0.1) is 24.3 Å². The van der Waals surface area contributed by atoms with Crippen LogP contribution in [0.2, 0.25) is 0 Å². The molecule has 0 N–H and O–H groups in total. The van der Waals surface area contributed by atoms with Gasteiger partial charge in [0.2, 0.25) is 0 Å². The van der Waals surface area contributed by atoms with Gasteiger partial charge in [0.25, 0.3) is 0 Å². The summed E-state index contributed by atoms with van der Waals surface area (Å²) in [7, 11) is 0. The molecule has 2 radical (unpaired) electrons. The molecule has 0 bridgehead atoms. The van der Waals surface area contributed by atoms with Gasteiger partial charge in [0, 0.05) is 0 Å². The van der Waals surface area contributed by atoms with Crippen LogP contribution in [-0.4, -0.2) is 0 Å². The molecule has 2 aliphatic carbocycles. The molecule has 0 nitrogen and oxygen atoms in total. The molecule has 0 spiro atoms. The van der Waals surface area contributed by atoms with Crippen LogP contribution in [0.25, 0.3) is 10.8 Å². The maximum absolute atomic E-state index is 3.17. The Morgan fingerprint density at radius 1 is 0.950 bits per heavy atom. The number of hydrogen-bond donors (Lipinski definition) is 0. The summed E-state index contributed by atoms with van der Waals surface area (Å²) in [5, 5.41) is 2.69. The molecule has 0 saturated heterocycles. The molecule has 2 fully saturated rings. The van der Waals surface area contributed by atoms with Crippen LogP contribution in [0.5, 0.6) is 0 Å². The first-order valence-corrected chi connectivity index (χ1v) is 8.11. The highest BCUT2D eigenvalue weighted by Gasteiger charge is 2.32. The lowest BCUT2D eigenvalue weighted by atomic mass is 9.66. The standard InChI is InChI=1S/C20H22/c1-3-7-17-13-19(11-9-15(17)5-1)20-12-10-16-6-2-4-8-18(16)14-20/h1,4,6,8,10,12,14-15,17,19H,3,5,7,9,11,13H2. The maximum Gasteiger partial charge on any atom is -0.0159 e. The molecule has 3 atom stereocenters. The Morgan fingerprint density at radius 2 is 1.95 bits per heavy atom. The first-order chi connectivity index (χ1) is 9.90. The summed E-state index contributed by atoms with van der Waals surface area (Å²) in [5.74, 6) is 2.77. The van der Waals surface area contributed by atoms with Crippen molar-refractivity contribution in [1.82, 2.24) is 0 Å². The van der Waals surface area contributed by atoms with Gasteiger partial charge in [0.1, 0.15) is 0 Å². The van der Waals surface area contributed by atoms with Crippen molar-refractivity contribution in [3.63, 3.8) is 0 Å². The second-order valence-corrected chi connectivity index (χ2v) is 6.66. The molecule has 2 aliphatic rings. The summed E-state index contributed by atoms with van der Waals surface area (Å²) in [5.41, 5.74) is 1.57. The quantitative estimate of drug-likeness (QED) is 0.634. The normalized spacial score (nSPS) is 30.1. The maximum atomic E-state index is 3.17. The molecule has 4 rings (SSSR count). The van der Waals surface area contributed by atoms with Crippen molar-refractivity contribution in [1.29, 1.82) is 0 Å². The van der Waals surface area contributed by atoms with Gasteiger partial charge in [-0.05, 0) is 91.2 Å². The minimum Gasteiger partial charge on any atom is -0.0581 e. The minimum absolute atomic E-state index is 0.794. The van der Waals surface area contributed by atoms with Gasteiger partial charge in [-0.15, -0.1) is 0 Å². The summed E-state index contributed by atoms with van der Waals surface area (Å²) in [6.07, 6.45) is 10.9. The highest BCUT2D eigenvalue weighted by atomic mass is 14.4. The molecule has 0 heterocycles. The van der Waals surface area contributed by atoms with E-state index in [1.54, 1.807) is 5.56 Å². The van der Waals surface area contributed by atoms with Gasteiger partial charge in [-0.1, -0.05) is 30.3 Å². The second-order valence-electron chi connectivity index (χ2n) is 6.66. The smallest absolute Gasteiger partial charge is 0.0159 e. The van der Waals surface area contributed by atoms with Crippen molar-refractivity contribution < 1.29 is 0 Å². The fourth-order valence-corrected chi connectivity index (χ4v) is 4.36.